The van der Waals surface area contributed by atoms with Crippen molar-refractivity contribution in [3.8, 4) is 0 Å². The van der Waals surface area contributed by atoms with Crippen LogP contribution in [-0.2, 0) is 10.0 Å². The average molecular weight is 258 g/mol. The monoisotopic (exact) mass is 258 g/mol. The van der Waals surface area contributed by atoms with E-state index in [-0.39, 0.29) is 11.4 Å². The molecule has 1 aromatic rings. The first-order valence-corrected chi connectivity index (χ1v) is 6.98. The molecule has 0 bridgehead atoms. The van der Waals surface area contributed by atoms with Crippen molar-refractivity contribution in [1.82, 2.24) is 9.71 Å². The molecule has 1 heterocycles. The van der Waals surface area contributed by atoms with Gasteiger partial charge < -0.3 is 5.11 Å². The number of aromatic nitrogens is 1. The first-order chi connectivity index (χ1) is 7.92. The summed E-state index contributed by atoms with van der Waals surface area (Å²) in [6.07, 6.45) is 2.68. The summed E-state index contributed by atoms with van der Waals surface area (Å²) in [5, 5.41) is 9.59. The van der Waals surface area contributed by atoms with Crippen LogP contribution in [-0.4, -0.2) is 31.2 Å². The number of pyridine rings is 1. The van der Waals surface area contributed by atoms with Crippen LogP contribution in [0.25, 0.3) is 0 Å². The van der Waals surface area contributed by atoms with E-state index in [4.69, 9.17) is 0 Å². The van der Waals surface area contributed by atoms with Gasteiger partial charge in [-0.3, -0.25) is 4.98 Å². The number of aliphatic hydroxyl groups excluding tert-OH is 1. The van der Waals surface area contributed by atoms with Crippen molar-refractivity contribution in [2.75, 3.05) is 6.54 Å². The highest BCUT2D eigenvalue weighted by Gasteiger charge is 2.16. The SMILES string of the molecule is CC(C)CC(O)CNS(=O)(=O)c1cccnc1. The van der Waals surface area contributed by atoms with Crippen molar-refractivity contribution in [2.24, 2.45) is 5.92 Å². The molecule has 96 valence electrons. The van der Waals surface area contributed by atoms with E-state index in [2.05, 4.69) is 9.71 Å². The average Bonchev–Trinajstić information content (AvgIpc) is 2.27. The summed E-state index contributed by atoms with van der Waals surface area (Å²) in [6, 6.07) is 3.02. The summed E-state index contributed by atoms with van der Waals surface area (Å²) < 4.78 is 25.9. The van der Waals surface area contributed by atoms with Gasteiger partial charge in [0.2, 0.25) is 10.0 Å². The van der Waals surface area contributed by atoms with Crippen LogP contribution in [0, 0.1) is 5.92 Å². The molecule has 0 aromatic carbocycles. The van der Waals surface area contributed by atoms with Crippen LogP contribution in [0.4, 0.5) is 0 Å². The molecule has 1 rings (SSSR count). The number of hydrogen-bond acceptors (Lipinski definition) is 4. The zero-order chi connectivity index (χ0) is 12.9. The molecule has 1 unspecified atom stereocenters. The van der Waals surface area contributed by atoms with Crippen LogP contribution in [0.5, 0.6) is 0 Å². The Morgan fingerprint density at radius 2 is 2.18 bits per heavy atom. The second-order valence-electron chi connectivity index (χ2n) is 4.32. The topological polar surface area (TPSA) is 79.3 Å². The molecule has 0 aliphatic carbocycles. The van der Waals surface area contributed by atoms with Crippen LogP contribution < -0.4 is 4.72 Å². The van der Waals surface area contributed by atoms with Crippen molar-refractivity contribution in [1.29, 1.82) is 0 Å². The molecule has 0 saturated carbocycles. The number of nitrogens with zero attached hydrogens (tertiary/aromatic N) is 1. The summed E-state index contributed by atoms with van der Waals surface area (Å²) in [4.78, 5) is 3.85. The summed E-state index contributed by atoms with van der Waals surface area (Å²) in [6.45, 7) is 3.97. The van der Waals surface area contributed by atoms with Crippen LogP contribution in [0.15, 0.2) is 29.4 Å². The Morgan fingerprint density at radius 3 is 2.71 bits per heavy atom. The maximum absolute atomic E-state index is 11.8. The van der Waals surface area contributed by atoms with E-state index in [1.165, 1.54) is 18.5 Å². The third-order valence-electron chi connectivity index (χ3n) is 2.20. The zero-order valence-corrected chi connectivity index (χ0v) is 10.8. The summed E-state index contributed by atoms with van der Waals surface area (Å²) in [5.41, 5.74) is 0. The van der Waals surface area contributed by atoms with Crippen molar-refractivity contribution < 1.29 is 13.5 Å². The van der Waals surface area contributed by atoms with E-state index >= 15 is 0 Å². The Kier molecular flexibility index (Phi) is 5.04. The van der Waals surface area contributed by atoms with E-state index in [9.17, 15) is 13.5 Å². The Bertz CT molecular complexity index is 431. The van der Waals surface area contributed by atoms with Gasteiger partial charge in [0, 0.05) is 18.9 Å². The van der Waals surface area contributed by atoms with Crippen molar-refractivity contribution in [3.05, 3.63) is 24.5 Å². The number of rotatable bonds is 6. The van der Waals surface area contributed by atoms with E-state index in [0.717, 1.165) is 0 Å². The van der Waals surface area contributed by atoms with Gasteiger partial charge in [-0.1, -0.05) is 13.8 Å². The van der Waals surface area contributed by atoms with Gasteiger partial charge in [0.25, 0.3) is 0 Å². The molecule has 0 radical (unpaired) electrons. The highest BCUT2D eigenvalue weighted by Crippen LogP contribution is 2.07. The quantitative estimate of drug-likeness (QED) is 0.790. The molecule has 0 amide bonds. The minimum Gasteiger partial charge on any atom is -0.392 e. The molecular formula is C11H18N2O3S. The molecule has 0 saturated heterocycles. The van der Waals surface area contributed by atoms with E-state index in [1.807, 2.05) is 13.8 Å². The molecule has 17 heavy (non-hydrogen) atoms. The lowest BCUT2D eigenvalue weighted by Gasteiger charge is -2.13. The zero-order valence-electron chi connectivity index (χ0n) is 10.00. The van der Waals surface area contributed by atoms with Gasteiger partial charge in [-0.05, 0) is 24.5 Å². The largest absolute Gasteiger partial charge is 0.392 e. The summed E-state index contributed by atoms with van der Waals surface area (Å²) in [7, 11) is -3.56. The van der Waals surface area contributed by atoms with Gasteiger partial charge >= 0.3 is 0 Å². The Balaban J connectivity index is 2.57. The fraction of sp³-hybridized carbons (Fsp3) is 0.545. The third-order valence-corrected chi connectivity index (χ3v) is 3.61. The Hall–Kier alpha value is -0.980. The van der Waals surface area contributed by atoms with Crippen LogP contribution in [0.2, 0.25) is 0 Å². The lowest BCUT2D eigenvalue weighted by molar-refractivity contribution is 0.152. The van der Waals surface area contributed by atoms with Crippen LogP contribution in [0.3, 0.4) is 0 Å². The first-order valence-electron chi connectivity index (χ1n) is 5.49. The minimum absolute atomic E-state index is 0.0232. The number of hydrogen-bond donors (Lipinski definition) is 2. The Labute approximate surface area is 102 Å². The molecular weight excluding hydrogens is 240 g/mol. The van der Waals surface area contributed by atoms with Gasteiger partial charge in [-0.25, -0.2) is 13.1 Å². The molecule has 1 atom stereocenters. The smallest absolute Gasteiger partial charge is 0.242 e. The predicted octanol–water partition coefficient (Wildman–Crippen LogP) is 0.767. The normalized spacial score (nSPS) is 13.9. The Morgan fingerprint density at radius 1 is 1.47 bits per heavy atom. The number of aliphatic hydroxyl groups is 1. The van der Waals surface area contributed by atoms with Gasteiger partial charge in [0.05, 0.1) is 6.10 Å². The number of nitrogens with one attached hydrogen (secondary N) is 1. The molecule has 0 aliphatic rings. The van der Waals surface area contributed by atoms with Gasteiger partial charge in [0.15, 0.2) is 0 Å². The van der Waals surface area contributed by atoms with Crippen molar-refractivity contribution in [2.45, 2.75) is 31.3 Å². The van der Waals surface area contributed by atoms with E-state index in [1.54, 1.807) is 6.07 Å². The molecule has 1 aromatic heterocycles. The maximum Gasteiger partial charge on any atom is 0.242 e. The lowest BCUT2D eigenvalue weighted by atomic mass is 10.1. The molecule has 0 fully saturated rings. The van der Waals surface area contributed by atoms with Gasteiger partial charge in [-0.2, -0.15) is 0 Å². The maximum atomic E-state index is 11.8. The molecule has 5 nitrogen and oxygen atoms in total. The van der Waals surface area contributed by atoms with Gasteiger partial charge in [0.1, 0.15) is 4.90 Å². The molecule has 6 heteroatoms. The second-order valence-corrected chi connectivity index (χ2v) is 6.09. The highest BCUT2D eigenvalue weighted by atomic mass is 32.2. The molecule has 2 N–H and O–H groups in total. The number of sulfonamides is 1. The molecule has 0 aliphatic heterocycles. The fourth-order valence-electron chi connectivity index (χ4n) is 1.42. The summed E-state index contributed by atoms with van der Waals surface area (Å²) in [5.74, 6) is 0.327. The van der Waals surface area contributed by atoms with Crippen molar-refractivity contribution in [3.63, 3.8) is 0 Å². The van der Waals surface area contributed by atoms with E-state index < -0.39 is 16.1 Å². The lowest BCUT2D eigenvalue weighted by Crippen LogP contribution is -2.32. The standard InChI is InChI=1S/C11H18N2O3S/c1-9(2)6-10(14)7-13-17(15,16)11-4-3-5-12-8-11/h3-5,8-10,13-14H,6-7H2,1-2H3. The first kappa shape index (κ1) is 14.1. The molecule has 0 spiro atoms. The van der Waals surface area contributed by atoms with Gasteiger partial charge in [-0.15, -0.1) is 0 Å². The van der Waals surface area contributed by atoms with Crippen LogP contribution in [0.1, 0.15) is 20.3 Å². The van der Waals surface area contributed by atoms with E-state index in [0.29, 0.717) is 12.3 Å². The third kappa shape index (κ3) is 4.80. The minimum atomic E-state index is -3.56. The predicted molar refractivity (Wildman–Crippen MR) is 64.9 cm³/mol. The van der Waals surface area contributed by atoms with Crippen molar-refractivity contribution >= 4 is 10.0 Å². The summed E-state index contributed by atoms with van der Waals surface area (Å²) >= 11 is 0. The van der Waals surface area contributed by atoms with Crippen LogP contribution >= 0.6 is 0 Å². The second kappa shape index (κ2) is 6.09. The fourth-order valence-corrected chi connectivity index (χ4v) is 2.46. The highest BCUT2D eigenvalue weighted by molar-refractivity contribution is 7.89.